The second kappa shape index (κ2) is 12.5. The van der Waals surface area contributed by atoms with Crippen molar-refractivity contribution in [3.63, 3.8) is 0 Å². The molecule has 2 aromatic carbocycles. The zero-order valence-corrected chi connectivity index (χ0v) is 24.0. The molecule has 40 heavy (non-hydrogen) atoms. The molecular weight excluding hydrogens is 718 g/mol. The van der Waals surface area contributed by atoms with Crippen LogP contribution in [0.3, 0.4) is 0 Å². The highest BCUT2D eigenvalue weighted by Gasteiger charge is 2.41. The number of rotatable bonds is 9. The summed E-state index contributed by atoms with van der Waals surface area (Å²) < 4.78 is 159. The van der Waals surface area contributed by atoms with Gasteiger partial charge in [-0.2, -0.15) is 39.5 Å². The van der Waals surface area contributed by atoms with Gasteiger partial charge in [0, 0.05) is 26.5 Å². The molecule has 0 N–H and O–H groups in total. The summed E-state index contributed by atoms with van der Waals surface area (Å²) in [5.41, 5.74) is -4.10. The van der Waals surface area contributed by atoms with E-state index >= 15 is 0 Å². The molecule has 2 aromatic rings. The first kappa shape index (κ1) is 34.3. The molecule has 0 bridgehead atoms. The first-order chi connectivity index (χ1) is 18.0. The first-order valence-corrected chi connectivity index (χ1v) is 14.3. The van der Waals surface area contributed by atoms with E-state index in [1.165, 1.54) is 6.07 Å². The van der Waals surface area contributed by atoms with Crippen molar-refractivity contribution < 1.29 is 57.1 Å². The highest BCUT2D eigenvalue weighted by molar-refractivity contribution is 9.13. The fourth-order valence-corrected chi connectivity index (χ4v) is 5.97. The second-order valence-corrected chi connectivity index (χ2v) is 12.7. The lowest BCUT2D eigenvalue weighted by atomic mass is 9.93. The quantitative estimate of drug-likeness (QED) is 0.191. The van der Waals surface area contributed by atoms with Crippen molar-refractivity contribution in [2.75, 3.05) is 11.5 Å². The maximum Gasteiger partial charge on any atom is 0.417 e. The minimum absolute atomic E-state index is 0.0836. The summed E-state index contributed by atoms with van der Waals surface area (Å²) in [7, 11) is -4.73. The predicted molar refractivity (Wildman–Crippen MR) is 134 cm³/mol. The van der Waals surface area contributed by atoms with Gasteiger partial charge in [0.15, 0.2) is 15.6 Å². The van der Waals surface area contributed by atoms with Crippen LogP contribution in [0.1, 0.15) is 46.3 Å². The average molecular weight is 736 g/mol. The van der Waals surface area contributed by atoms with Crippen molar-refractivity contribution in [1.82, 2.24) is 0 Å². The fourth-order valence-electron chi connectivity index (χ4n) is 3.73. The van der Waals surface area contributed by atoms with Gasteiger partial charge in [-0.15, -0.1) is 0 Å². The lowest BCUT2D eigenvalue weighted by molar-refractivity contribution is -0.140. The Bertz CT molecular complexity index is 1380. The van der Waals surface area contributed by atoms with Crippen molar-refractivity contribution in [3.05, 3.63) is 73.7 Å². The average Bonchev–Trinajstić information content (AvgIpc) is 2.75. The van der Waals surface area contributed by atoms with Crippen molar-refractivity contribution in [2.45, 2.75) is 37.8 Å². The lowest BCUT2D eigenvalue weighted by Gasteiger charge is -2.19. The van der Waals surface area contributed by atoms with Crippen LogP contribution in [0, 0.1) is 5.92 Å². The van der Waals surface area contributed by atoms with E-state index in [1.54, 1.807) is 0 Å². The van der Waals surface area contributed by atoms with Crippen LogP contribution >= 0.6 is 31.9 Å². The van der Waals surface area contributed by atoms with Gasteiger partial charge >= 0.3 is 18.5 Å². The molecule has 0 aliphatic rings. The van der Waals surface area contributed by atoms with Crippen LogP contribution in [0.4, 0.5) is 43.9 Å². The molecule has 0 spiro atoms. The largest absolute Gasteiger partial charge is 0.417 e. The number of hydrogen-bond donors (Lipinski definition) is 0. The molecule has 0 saturated carbocycles. The standard InChI is InChI=1S/C24H18Br2F10O3S/c1-12(10-40(38,39)11-22(28,29)30)6-21(37)15-4-2-14(7-17(15)24(34,35)36)20(27)9-16(23(31,32)33)13-3-5-18(25)19(26)8-13/h2-5,7-9,12,16H,6,10-11H2,1H3/b20-9-/t12-,16?/m0/s1. The van der Waals surface area contributed by atoms with E-state index in [-0.39, 0.29) is 16.6 Å². The smallest absolute Gasteiger partial charge is 0.294 e. The minimum atomic E-state index is -5.28. The third-order valence-electron chi connectivity index (χ3n) is 5.33. The second-order valence-electron chi connectivity index (χ2n) is 8.87. The Balaban J connectivity index is 2.43. The Morgan fingerprint density at radius 2 is 1.52 bits per heavy atom. The summed E-state index contributed by atoms with van der Waals surface area (Å²) in [6.07, 6.45) is -16.2. The molecule has 3 nitrogen and oxygen atoms in total. The Labute approximate surface area is 238 Å². The Morgan fingerprint density at radius 3 is 2.02 bits per heavy atom. The van der Waals surface area contributed by atoms with Gasteiger partial charge in [0.25, 0.3) is 0 Å². The van der Waals surface area contributed by atoms with Crippen molar-refractivity contribution >= 4 is 53.3 Å². The molecule has 0 aromatic heterocycles. The summed E-state index contributed by atoms with van der Waals surface area (Å²) >= 11 is 6.10. The number of alkyl halides is 9. The zero-order valence-electron chi connectivity index (χ0n) is 20.0. The Kier molecular flexibility index (Phi) is 10.7. The summed E-state index contributed by atoms with van der Waals surface area (Å²) in [6.45, 7) is 1.05. The summed E-state index contributed by atoms with van der Waals surface area (Å²) in [5.74, 6) is -10.1. The van der Waals surface area contributed by atoms with Crippen LogP contribution in [0.2, 0.25) is 0 Å². The summed E-state index contributed by atoms with van der Waals surface area (Å²) in [6, 6.07) is 4.63. The SMILES string of the molecule is C[C@@H](CC(=O)c1ccc(/C(F)=C/C(c2ccc(Br)c(Br)c2)C(F)(F)F)cc1C(F)(F)F)CS(=O)(=O)CC(F)(F)F. The molecule has 0 heterocycles. The number of carbonyl (C=O) groups excluding carboxylic acids is 1. The molecular formula is C24H18Br2F10O3S. The number of allylic oxidation sites excluding steroid dienone is 1. The van der Waals surface area contributed by atoms with Gasteiger partial charge in [-0.05, 0) is 67.6 Å². The zero-order chi connectivity index (χ0) is 30.8. The van der Waals surface area contributed by atoms with Crippen molar-refractivity contribution in [3.8, 4) is 0 Å². The van der Waals surface area contributed by atoms with Crippen LogP contribution in [-0.2, 0) is 16.0 Å². The highest BCUT2D eigenvalue weighted by atomic mass is 79.9. The fraction of sp³-hybridized carbons (Fsp3) is 0.375. The van der Waals surface area contributed by atoms with Gasteiger partial charge in [-0.3, -0.25) is 4.79 Å². The molecule has 2 rings (SSSR count). The molecule has 0 aliphatic heterocycles. The van der Waals surface area contributed by atoms with Gasteiger partial charge in [-0.25, -0.2) is 12.8 Å². The van der Waals surface area contributed by atoms with Crippen LogP contribution in [0.5, 0.6) is 0 Å². The first-order valence-electron chi connectivity index (χ1n) is 10.9. The molecule has 0 aliphatic carbocycles. The van der Waals surface area contributed by atoms with Crippen LogP contribution in [0.25, 0.3) is 5.83 Å². The number of halogens is 12. The Morgan fingerprint density at radius 1 is 0.925 bits per heavy atom. The van der Waals surface area contributed by atoms with E-state index < -0.39 is 92.0 Å². The van der Waals surface area contributed by atoms with Crippen LogP contribution in [-0.4, -0.2) is 38.1 Å². The van der Waals surface area contributed by atoms with E-state index in [9.17, 15) is 57.1 Å². The topological polar surface area (TPSA) is 51.2 Å². The van der Waals surface area contributed by atoms with Crippen LogP contribution < -0.4 is 0 Å². The molecule has 222 valence electrons. The molecule has 1 unspecified atom stereocenters. The normalized spacial score (nSPS) is 15.2. The minimum Gasteiger partial charge on any atom is -0.294 e. The van der Waals surface area contributed by atoms with Crippen molar-refractivity contribution in [2.24, 2.45) is 5.92 Å². The molecule has 0 fully saturated rings. The van der Waals surface area contributed by atoms with E-state index in [4.69, 9.17) is 0 Å². The number of sulfone groups is 1. The van der Waals surface area contributed by atoms with Gasteiger partial charge in [0.1, 0.15) is 17.5 Å². The van der Waals surface area contributed by atoms with E-state index in [0.29, 0.717) is 16.6 Å². The van der Waals surface area contributed by atoms with Crippen molar-refractivity contribution in [1.29, 1.82) is 0 Å². The number of hydrogen-bond acceptors (Lipinski definition) is 3. The molecule has 16 heteroatoms. The van der Waals surface area contributed by atoms with Gasteiger partial charge < -0.3 is 0 Å². The molecule has 0 radical (unpaired) electrons. The van der Waals surface area contributed by atoms with Gasteiger partial charge in [-0.1, -0.05) is 25.1 Å². The Hall–Kier alpha value is -1.94. The number of benzene rings is 2. The summed E-state index contributed by atoms with van der Waals surface area (Å²) in [5, 5.41) is 0. The maximum absolute atomic E-state index is 14.9. The maximum atomic E-state index is 14.9. The number of Topliss-reactive ketones (excluding diaryl/α,β-unsaturated/α-hetero) is 1. The van der Waals surface area contributed by atoms with Gasteiger partial charge in [0.2, 0.25) is 0 Å². The highest BCUT2D eigenvalue weighted by Crippen LogP contribution is 2.41. The molecule has 2 atom stereocenters. The van der Waals surface area contributed by atoms with Gasteiger partial charge in [0.05, 0.1) is 11.3 Å². The molecule has 0 amide bonds. The summed E-state index contributed by atoms with van der Waals surface area (Å²) in [4.78, 5) is 12.5. The van der Waals surface area contributed by atoms with E-state index in [0.717, 1.165) is 19.1 Å². The number of carbonyl (C=O) groups is 1. The van der Waals surface area contributed by atoms with Crippen LogP contribution in [0.15, 0.2) is 51.4 Å². The van der Waals surface area contributed by atoms with E-state index in [2.05, 4.69) is 31.9 Å². The van der Waals surface area contributed by atoms with E-state index in [1.807, 2.05) is 0 Å². The molecule has 0 saturated heterocycles. The monoisotopic (exact) mass is 734 g/mol. The third kappa shape index (κ3) is 9.86. The number of ketones is 1. The third-order valence-corrected chi connectivity index (χ3v) is 9.05. The predicted octanol–water partition coefficient (Wildman–Crippen LogP) is 9.07. The lowest BCUT2D eigenvalue weighted by Crippen LogP contribution is -2.28.